The highest BCUT2D eigenvalue weighted by molar-refractivity contribution is 6.33. The number of benzene rings is 1. The van der Waals surface area contributed by atoms with Crippen LogP contribution < -0.4 is 14.5 Å². The van der Waals surface area contributed by atoms with Crippen LogP contribution in [-0.2, 0) is 4.79 Å². The number of halogens is 1. The first kappa shape index (κ1) is 21.7. The van der Waals surface area contributed by atoms with E-state index in [1.807, 2.05) is 6.07 Å². The Balaban J connectivity index is 2.16. The lowest BCUT2D eigenvalue weighted by atomic mass is 10.2. The van der Waals surface area contributed by atoms with Gasteiger partial charge < -0.3 is 19.6 Å². The number of ether oxygens (including phenoxy) is 1. The summed E-state index contributed by atoms with van der Waals surface area (Å²) in [5.41, 5.74) is 1.18. The Hall–Kier alpha value is -3.00. The van der Waals surface area contributed by atoms with E-state index in [9.17, 15) is 9.90 Å². The van der Waals surface area contributed by atoms with Crippen molar-refractivity contribution in [2.45, 2.75) is 26.7 Å². The molecular formula is C21H26ClN5O3. The van der Waals surface area contributed by atoms with E-state index in [1.165, 1.54) is 0 Å². The van der Waals surface area contributed by atoms with Crippen molar-refractivity contribution in [3.63, 3.8) is 0 Å². The van der Waals surface area contributed by atoms with Crippen molar-refractivity contribution in [2.75, 3.05) is 36.5 Å². The molecular weight excluding hydrogens is 406 g/mol. The van der Waals surface area contributed by atoms with Crippen LogP contribution in [0.25, 0.3) is 5.65 Å². The lowest BCUT2D eigenvalue weighted by Crippen LogP contribution is -2.29. The largest absolute Gasteiger partial charge is 0.497 e. The van der Waals surface area contributed by atoms with Crippen molar-refractivity contribution in [1.29, 1.82) is 0 Å². The molecule has 2 heterocycles. The molecule has 0 saturated carbocycles. The number of carboxylic acid groups (broad SMARTS) is 1. The average Bonchev–Trinajstić information content (AvgIpc) is 3.20. The van der Waals surface area contributed by atoms with E-state index in [2.05, 4.69) is 28.8 Å². The molecule has 3 rings (SSSR count). The molecule has 0 aliphatic rings. The highest BCUT2D eigenvalue weighted by Gasteiger charge is 2.21. The lowest BCUT2D eigenvalue weighted by molar-refractivity contribution is -0.135. The number of aliphatic carboxylic acids is 1. The molecule has 0 unspecified atom stereocenters. The van der Waals surface area contributed by atoms with Crippen molar-refractivity contribution in [1.82, 2.24) is 14.6 Å². The van der Waals surface area contributed by atoms with Gasteiger partial charge in [-0.3, -0.25) is 4.79 Å². The van der Waals surface area contributed by atoms with Crippen LogP contribution in [0.2, 0.25) is 5.02 Å². The maximum absolute atomic E-state index is 11.7. The molecule has 1 aromatic carbocycles. The smallest absolute Gasteiger partial charge is 0.323 e. The third-order valence-corrected chi connectivity index (χ3v) is 4.96. The van der Waals surface area contributed by atoms with Gasteiger partial charge in [0.15, 0.2) is 5.65 Å². The molecule has 0 spiro atoms. The van der Waals surface area contributed by atoms with Crippen molar-refractivity contribution < 1.29 is 14.6 Å². The fourth-order valence-electron chi connectivity index (χ4n) is 3.39. The second kappa shape index (κ2) is 9.67. The number of hydrogen-bond donors (Lipinski definition) is 1. The van der Waals surface area contributed by atoms with Crippen LogP contribution in [0.1, 0.15) is 26.7 Å². The van der Waals surface area contributed by atoms with E-state index in [-0.39, 0.29) is 6.54 Å². The highest BCUT2D eigenvalue weighted by atomic mass is 35.5. The molecule has 30 heavy (non-hydrogen) atoms. The van der Waals surface area contributed by atoms with Gasteiger partial charge in [0, 0.05) is 31.3 Å². The second-order valence-corrected chi connectivity index (χ2v) is 7.27. The molecule has 0 fully saturated rings. The number of nitrogens with zero attached hydrogens (tertiary/aromatic N) is 5. The van der Waals surface area contributed by atoms with E-state index >= 15 is 0 Å². The van der Waals surface area contributed by atoms with E-state index in [1.54, 1.807) is 47.0 Å². The van der Waals surface area contributed by atoms with Crippen molar-refractivity contribution in [2.24, 2.45) is 0 Å². The number of fused-ring (bicyclic) bond motifs is 1. The van der Waals surface area contributed by atoms with Gasteiger partial charge in [-0.2, -0.15) is 9.61 Å². The van der Waals surface area contributed by atoms with Crippen LogP contribution in [0.4, 0.5) is 17.3 Å². The zero-order valence-electron chi connectivity index (χ0n) is 17.4. The molecule has 0 radical (unpaired) electrons. The fourth-order valence-corrected chi connectivity index (χ4v) is 3.66. The monoisotopic (exact) mass is 431 g/mol. The molecule has 3 aromatic rings. The summed E-state index contributed by atoms with van der Waals surface area (Å²) >= 11 is 6.46. The van der Waals surface area contributed by atoms with Crippen molar-refractivity contribution >= 4 is 40.5 Å². The van der Waals surface area contributed by atoms with E-state index in [4.69, 9.17) is 16.3 Å². The van der Waals surface area contributed by atoms with Crippen LogP contribution in [0, 0.1) is 0 Å². The van der Waals surface area contributed by atoms with Crippen LogP contribution in [0.15, 0.2) is 36.5 Å². The third-order valence-electron chi connectivity index (χ3n) is 4.65. The minimum absolute atomic E-state index is 0.287. The molecule has 0 aliphatic carbocycles. The highest BCUT2D eigenvalue weighted by Crippen LogP contribution is 2.35. The number of anilines is 3. The fraction of sp³-hybridized carbons (Fsp3) is 0.381. The van der Waals surface area contributed by atoms with Gasteiger partial charge in [-0.1, -0.05) is 25.4 Å². The number of carbonyl (C=O) groups is 1. The molecule has 1 N–H and O–H groups in total. The zero-order valence-corrected chi connectivity index (χ0v) is 18.1. The third kappa shape index (κ3) is 4.59. The van der Waals surface area contributed by atoms with Crippen molar-refractivity contribution in [3.05, 3.63) is 41.6 Å². The average molecular weight is 432 g/mol. The van der Waals surface area contributed by atoms with Gasteiger partial charge in [0.1, 0.15) is 23.9 Å². The molecule has 160 valence electrons. The number of hydrogen-bond acceptors (Lipinski definition) is 6. The van der Waals surface area contributed by atoms with Crippen LogP contribution in [0.5, 0.6) is 5.75 Å². The van der Waals surface area contributed by atoms with Crippen LogP contribution in [0.3, 0.4) is 0 Å². The summed E-state index contributed by atoms with van der Waals surface area (Å²) in [4.78, 5) is 20.2. The van der Waals surface area contributed by atoms with Gasteiger partial charge in [-0.15, -0.1) is 0 Å². The van der Waals surface area contributed by atoms with Crippen LogP contribution in [-0.4, -0.2) is 52.4 Å². The SMILES string of the molecule is CCCN(CCC)c1cc(N(CC(=O)O)c2ccc(OC)cc2Cl)nc2ccnn12. The maximum atomic E-state index is 11.7. The van der Waals surface area contributed by atoms with Gasteiger partial charge in [0.05, 0.1) is 24.0 Å². The minimum atomic E-state index is -0.988. The first-order chi connectivity index (χ1) is 14.5. The van der Waals surface area contributed by atoms with E-state index in [0.717, 1.165) is 31.7 Å². The Morgan fingerprint density at radius 3 is 2.53 bits per heavy atom. The van der Waals surface area contributed by atoms with Gasteiger partial charge in [0.2, 0.25) is 0 Å². The number of rotatable bonds is 10. The molecule has 9 heteroatoms. The predicted molar refractivity (Wildman–Crippen MR) is 118 cm³/mol. The minimum Gasteiger partial charge on any atom is -0.497 e. The molecule has 0 atom stereocenters. The quantitative estimate of drug-likeness (QED) is 0.514. The molecule has 0 saturated heterocycles. The molecule has 8 nitrogen and oxygen atoms in total. The van der Waals surface area contributed by atoms with E-state index < -0.39 is 5.97 Å². The van der Waals surface area contributed by atoms with Gasteiger partial charge in [-0.05, 0) is 25.0 Å². The zero-order chi connectivity index (χ0) is 21.7. The summed E-state index contributed by atoms with van der Waals surface area (Å²) in [5, 5.41) is 14.3. The van der Waals surface area contributed by atoms with Crippen LogP contribution >= 0.6 is 11.6 Å². The lowest BCUT2D eigenvalue weighted by Gasteiger charge is -2.28. The summed E-state index contributed by atoms with van der Waals surface area (Å²) in [6, 6.07) is 8.81. The summed E-state index contributed by atoms with van der Waals surface area (Å²) in [5.74, 6) is 0.960. The summed E-state index contributed by atoms with van der Waals surface area (Å²) in [6.07, 6.45) is 3.64. The summed E-state index contributed by atoms with van der Waals surface area (Å²) < 4.78 is 7.00. The molecule has 0 amide bonds. The molecule has 2 aromatic heterocycles. The molecule has 0 bridgehead atoms. The standard InChI is InChI=1S/C21H26ClN5O3/c1-4-10-25(11-5-2)20-13-19(24-18-8-9-23-27(18)20)26(14-21(28)29)17-7-6-15(30-3)12-16(17)22/h6-9,12-13H,4-5,10-11,14H2,1-3H3,(H,28,29). The summed E-state index contributed by atoms with van der Waals surface area (Å²) in [6.45, 7) is 5.67. The van der Waals surface area contributed by atoms with Gasteiger partial charge in [0.25, 0.3) is 0 Å². The molecule has 0 aliphatic heterocycles. The number of carboxylic acids is 1. The maximum Gasteiger partial charge on any atom is 0.323 e. The Morgan fingerprint density at radius 1 is 1.20 bits per heavy atom. The summed E-state index contributed by atoms with van der Waals surface area (Å²) in [7, 11) is 1.55. The number of aromatic nitrogens is 3. The first-order valence-corrected chi connectivity index (χ1v) is 10.3. The normalized spacial score (nSPS) is 10.9. The topological polar surface area (TPSA) is 83.2 Å². The Morgan fingerprint density at radius 2 is 1.93 bits per heavy atom. The Labute approximate surface area is 180 Å². The number of methoxy groups -OCH3 is 1. The van der Waals surface area contributed by atoms with Gasteiger partial charge in [-0.25, -0.2) is 4.98 Å². The van der Waals surface area contributed by atoms with Gasteiger partial charge >= 0.3 is 5.97 Å². The van der Waals surface area contributed by atoms with Crippen molar-refractivity contribution in [3.8, 4) is 5.75 Å². The Kier molecular flexibility index (Phi) is 6.99. The predicted octanol–water partition coefficient (Wildman–Crippen LogP) is 4.24. The first-order valence-electron chi connectivity index (χ1n) is 9.91. The second-order valence-electron chi connectivity index (χ2n) is 6.86. The van der Waals surface area contributed by atoms with E-state index in [0.29, 0.717) is 27.9 Å². The Bertz CT molecular complexity index is 1020.